The van der Waals surface area contributed by atoms with Crippen molar-refractivity contribution in [3.8, 4) is 0 Å². The summed E-state index contributed by atoms with van der Waals surface area (Å²) >= 11 is 5.65. The third-order valence-electron chi connectivity index (χ3n) is 2.75. The second-order valence-electron chi connectivity index (χ2n) is 4.24. The van der Waals surface area contributed by atoms with E-state index in [9.17, 15) is 22.0 Å². The Bertz CT molecular complexity index is 642. The molecule has 0 fully saturated rings. The molecule has 2 rings (SSSR count). The molecular weight excluding hydrogens is 317 g/mol. The molecule has 0 aliphatic carbocycles. The SMILES string of the molecule is Cn1ncc(CNc2c(F)cc(F)cc2Cl)c1C(F)(F)F. The summed E-state index contributed by atoms with van der Waals surface area (Å²) in [5.41, 5.74) is -1.39. The molecule has 1 aromatic carbocycles. The van der Waals surface area contributed by atoms with Gasteiger partial charge in [0, 0.05) is 25.2 Å². The van der Waals surface area contributed by atoms with Crippen molar-refractivity contribution in [1.82, 2.24) is 9.78 Å². The topological polar surface area (TPSA) is 29.9 Å². The lowest BCUT2D eigenvalue weighted by Crippen LogP contribution is -2.15. The summed E-state index contributed by atoms with van der Waals surface area (Å²) in [5.74, 6) is -1.86. The highest BCUT2D eigenvalue weighted by Crippen LogP contribution is 2.32. The van der Waals surface area contributed by atoms with Gasteiger partial charge in [0.15, 0.2) is 5.82 Å². The first-order chi connectivity index (χ1) is 9.70. The number of halogens is 6. The molecule has 1 N–H and O–H groups in total. The van der Waals surface area contributed by atoms with E-state index in [1.807, 2.05) is 0 Å². The van der Waals surface area contributed by atoms with Crippen LogP contribution in [-0.4, -0.2) is 9.78 Å². The van der Waals surface area contributed by atoms with Crippen LogP contribution in [0.5, 0.6) is 0 Å². The van der Waals surface area contributed by atoms with Crippen LogP contribution >= 0.6 is 11.6 Å². The molecule has 0 radical (unpaired) electrons. The fourth-order valence-electron chi connectivity index (χ4n) is 1.87. The Hall–Kier alpha value is -1.83. The van der Waals surface area contributed by atoms with Crippen LogP contribution in [0.4, 0.5) is 27.6 Å². The molecule has 0 aliphatic rings. The van der Waals surface area contributed by atoms with E-state index in [-0.39, 0.29) is 22.8 Å². The summed E-state index contributed by atoms with van der Waals surface area (Å²) in [7, 11) is 1.15. The van der Waals surface area contributed by atoms with E-state index in [0.717, 1.165) is 19.3 Å². The summed E-state index contributed by atoms with van der Waals surface area (Å²) in [6.45, 7) is -0.356. The van der Waals surface area contributed by atoms with Crippen LogP contribution in [0.2, 0.25) is 5.02 Å². The van der Waals surface area contributed by atoms with Gasteiger partial charge in [0.1, 0.15) is 11.5 Å². The fourth-order valence-corrected chi connectivity index (χ4v) is 2.13. The van der Waals surface area contributed by atoms with Crippen molar-refractivity contribution in [1.29, 1.82) is 0 Å². The normalized spacial score (nSPS) is 11.8. The molecular formula is C12H9ClF5N3. The van der Waals surface area contributed by atoms with Crippen molar-refractivity contribution >= 4 is 17.3 Å². The Kier molecular flexibility index (Phi) is 4.08. The van der Waals surface area contributed by atoms with Gasteiger partial charge in [-0.25, -0.2) is 8.78 Å². The smallest absolute Gasteiger partial charge is 0.377 e. The van der Waals surface area contributed by atoms with Crippen molar-refractivity contribution in [2.45, 2.75) is 12.7 Å². The van der Waals surface area contributed by atoms with Crippen LogP contribution < -0.4 is 5.32 Å². The number of hydrogen-bond acceptors (Lipinski definition) is 2. The minimum absolute atomic E-state index is 0.176. The maximum atomic E-state index is 13.5. The lowest BCUT2D eigenvalue weighted by molar-refractivity contribution is -0.144. The zero-order valence-electron chi connectivity index (χ0n) is 10.6. The fraction of sp³-hybridized carbons (Fsp3) is 0.250. The van der Waals surface area contributed by atoms with Gasteiger partial charge in [-0.3, -0.25) is 4.68 Å². The van der Waals surface area contributed by atoms with Gasteiger partial charge < -0.3 is 5.32 Å². The first-order valence-electron chi connectivity index (χ1n) is 5.66. The Morgan fingerprint density at radius 3 is 2.52 bits per heavy atom. The number of nitrogens with one attached hydrogen (secondary N) is 1. The van der Waals surface area contributed by atoms with Gasteiger partial charge in [-0.1, -0.05) is 11.6 Å². The zero-order chi connectivity index (χ0) is 15.8. The Morgan fingerprint density at radius 1 is 1.29 bits per heavy atom. The maximum Gasteiger partial charge on any atom is 0.433 e. The first kappa shape index (κ1) is 15.6. The van der Waals surface area contributed by atoms with Gasteiger partial charge in [-0.2, -0.15) is 18.3 Å². The number of rotatable bonds is 3. The standard InChI is InChI=1S/C12H9ClF5N3/c1-21-11(12(16,17)18)6(5-20-21)4-19-10-8(13)2-7(14)3-9(10)15/h2-3,5,19H,4H2,1H3. The summed E-state index contributed by atoms with van der Waals surface area (Å²) < 4.78 is 65.6. The summed E-state index contributed by atoms with van der Waals surface area (Å²) in [5, 5.41) is 5.69. The van der Waals surface area contributed by atoms with E-state index >= 15 is 0 Å². The molecule has 3 nitrogen and oxygen atoms in total. The molecule has 0 unspecified atom stereocenters. The average molecular weight is 326 g/mol. The molecule has 21 heavy (non-hydrogen) atoms. The van der Waals surface area contributed by atoms with E-state index in [2.05, 4.69) is 10.4 Å². The molecule has 0 saturated carbocycles. The first-order valence-corrected chi connectivity index (χ1v) is 6.04. The summed E-state index contributed by atoms with van der Waals surface area (Å²) in [4.78, 5) is 0. The molecule has 0 spiro atoms. The second kappa shape index (κ2) is 5.51. The van der Waals surface area contributed by atoms with E-state index in [4.69, 9.17) is 11.6 Å². The molecule has 0 amide bonds. The predicted octanol–water partition coefficient (Wildman–Crippen LogP) is 3.98. The molecule has 114 valence electrons. The monoisotopic (exact) mass is 325 g/mol. The summed E-state index contributed by atoms with van der Waals surface area (Å²) in [6, 6.07) is 1.45. The third kappa shape index (κ3) is 3.26. The molecule has 0 saturated heterocycles. The van der Waals surface area contributed by atoms with Crippen molar-refractivity contribution in [3.05, 3.63) is 46.2 Å². The molecule has 2 aromatic rings. The minimum Gasteiger partial charge on any atom is -0.377 e. The Balaban J connectivity index is 2.26. The van der Waals surface area contributed by atoms with Crippen LogP contribution in [0.1, 0.15) is 11.3 Å². The highest BCUT2D eigenvalue weighted by atomic mass is 35.5. The number of aryl methyl sites for hydroxylation is 1. The number of benzene rings is 1. The van der Waals surface area contributed by atoms with Crippen molar-refractivity contribution < 1.29 is 22.0 Å². The highest BCUT2D eigenvalue weighted by Gasteiger charge is 2.37. The second-order valence-corrected chi connectivity index (χ2v) is 4.64. The van der Waals surface area contributed by atoms with Gasteiger partial charge in [-0.05, 0) is 6.07 Å². The average Bonchev–Trinajstić information content (AvgIpc) is 2.68. The van der Waals surface area contributed by atoms with E-state index in [1.54, 1.807) is 0 Å². The van der Waals surface area contributed by atoms with Crippen LogP contribution in [-0.2, 0) is 19.8 Å². The van der Waals surface area contributed by atoms with Crippen LogP contribution in [0, 0.1) is 11.6 Å². The van der Waals surface area contributed by atoms with Gasteiger partial charge in [0.2, 0.25) is 0 Å². The van der Waals surface area contributed by atoms with Crippen molar-refractivity contribution in [2.75, 3.05) is 5.32 Å². The molecule has 0 atom stereocenters. The maximum absolute atomic E-state index is 13.5. The van der Waals surface area contributed by atoms with Gasteiger partial charge >= 0.3 is 6.18 Å². The molecule has 0 aliphatic heterocycles. The van der Waals surface area contributed by atoms with Crippen LogP contribution in [0.25, 0.3) is 0 Å². The van der Waals surface area contributed by atoms with E-state index in [1.165, 1.54) is 0 Å². The van der Waals surface area contributed by atoms with Gasteiger partial charge in [0.25, 0.3) is 0 Å². The number of nitrogens with zero attached hydrogens (tertiary/aromatic N) is 2. The quantitative estimate of drug-likeness (QED) is 0.865. The minimum atomic E-state index is -4.59. The Morgan fingerprint density at radius 2 is 1.95 bits per heavy atom. The van der Waals surface area contributed by atoms with Crippen LogP contribution in [0.15, 0.2) is 18.3 Å². The molecule has 9 heteroatoms. The zero-order valence-corrected chi connectivity index (χ0v) is 11.4. The third-order valence-corrected chi connectivity index (χ3v) is 3.04. The number of anilines is 1. The predicted molar refractivity (Wildman–Crippen MR) is 66.9 cm³/mol. The van der Waals surface area contributed by atoms with E-state index < -0.39 is 23.5 Å². The summed E-state index contributed by atoms with van der Waals surface area (Å²) in [6.07, 6.45) is -3.57. The van der Waals surface area contributed by atoms with Crippen LogP contribution in [0.3, 0.4) is 0 Å². The molecule has 1 aromatic heterocycles. The number of alkyl halides is 3. The Labute approximate surface area is 121 Å². The van der Waals surface area contributed by atoms with E-state index in [0.29, 0.717) is 10.7 Å². The lowest BCUT2D eigenvalue weighted by Gasteiger charge is -2.12. The van der Waals surface area contributed by atoms with Gasteiger partial charge in [0.05, 0.1) is 16.9 Å². The number of aromatic nitrogens is 2. The van der Waals surface area contributed by atoms with Gasteiger partial charge in [-0.15, -0.1) is 0 Å². The van der Waals surface area contributed by atoms with Crippen molar-refractivity contribution in [3.63, 3.8) is 0 Å². The highest BCUT2D eigenvalue weighted by molar-refractivity contribution is 6.33. The van der Waals surface area contributed by atoms with Crippen molar-refractivity contribution in [2.24, 2.45) is 7.05 Å². The number of hydrogen-bond donors (Lipinski definition) is 1. The lowest BCUT2D eigenvalue weighted by atomic mass is 10.2. The largest absolute Gasteiger partial charge is 0.433 e. The molecule has 0 bridgehead atoms. The molecule has 1 heterocycles.